The van der Waals surface area contributed by atoms with Crippen LogP contribution >= 0.6 is 0 Å². The smallest absolute Gasteiger partial charge is 0.421 e. The second-order valence-corrected chi connectivity index (χ2v) is 7.30. The first-order valence-corrected chi connectivity index (χ1v) is 10.7. The number of hydrogen-bond donors (Lipinski definition) is 1. The third-order valence-corrected chi connectivity index (χ3v) is 4.99. The molecule has 5 nitrogen and oxygen atoms in total. The van der Waals surface area contributed by atoms with E-state index in [0.717, 1.165) is 12.3 Å². The first-order chi connectivity index (χ1) is 17.1. The third-order valence-electron chi connectivity index (χ3n) is 4.99. The van der Waals surface area contributed by atoms with E-state index in [-0.39, 0.29) is 23.6 Å². The average molecular weight is 509 g/mol. The van der Waals surface area contributed by atoms with Crippen LogP contribution in [0.4, 0.5) is 32.0 Å². The maximum Gasteiger partial charge on any atom is 0.421 e. The summed E-state index contributed by atoms with van der Waals surface area (Å²) < 4.78 is 87.1. The Morgan fingerprint density at radius 3 is 2.31 bits per heavy atom. The molecule has 0 aliphatic carbocycles. The number of aliphatic hydroxyl groups excluding tert-OH is 1. The van der Waals surface area contributed by atoms with Crippen molar-refractivity contribution in [3.63, 3.8) is 0 Å². The number of fused-ring (bicyclic) bond motifs is 1. The number of benzene rings is 2. The molecule has 1 aliphatic heterocycles. The van der Waals surface area contributed by atoms with Gasteiger partial charge in [0.15, 0.2) is 0 Å². The van der Waals surface area contributed by atoms with E-state index in [1.165, 1.54) is 29.4 Å². The van der Waals surface area contributed by atoms with E-state index in [1.54, 1.807) is 0 Å². The van der Waals surface area contributed by atoms with Crippen molar-refractivity contribution in [1.82, 2.24) is 4.98 Å². The molecule has 0 spiro atoms. The molecule has 1 aliphatic rings. The lowest BCUT2D eigenvalue weighted by Gasteiger charge is -2.27. The lowest BCUT2D eigenvalue weighted by atomic mass is 10.1. The molecule has 11 heteroatoms. The summed E-state index contributed by atoms with van der Waals surface area (Å²) in [6, 6.07) is 6.01. The maximum absolute atomic E-state index is 14.1. The number of alkyl halides is 3. The Morgan fingerprint density at radius 1 is 1.03 bits per heavy atom. The van der Waals surface area contributed by atoms with E-state index < -0.39 is 47.2 Å². The minimum Gasteiger partial charge on any atom is -0.438 e. The fourth-order valence-corrected chi connectivity index (χ4v) is 3.33. The summed E-state index contributed by atoms with van der Waals surface area (Å²) in [4.78, 5) is 9.10. The first-order valence-electron chi connectivity index (χ1n) is 10.7. The predicted molar refractivity (Wildman–Crippen MR) is 123 cm³/mol. The lowest BCUT2D eigenvalue weighted by Crippen LogP contribution is -2.25. The van der Waals surface area contributed by atoms with Crippen molar-refractivity contribution >= 4 is 17.7 Å². The Morgan fingerprint density at radius 2 is 1.69 bits per heavy atom. The van der Waals surface area contributed by atoms with Gasteiger partial charge in [0.1, 0.15) is 28.8 Å². The van der Waals surface area contributed by atoms with E-state index in [0.29, 0.717) is 23.4 Å². The summed E-state index contributed by atoms with van der Waals surface area (Å²) in [5, 5.41) is 9.11. The molecule has 0 fully saturated rings. The molecule has 3 aromatic rings. The fourth-order valence-electron chi connectivity index (χ4n) is 3.33. The number of rotatable bonds is 5. The summed E-state index contributed by atoms with van der Waals surface area (Å²) in [6.45, 7) is 6.81. The molecule has 0 radical (unpaired) electrons. The molecule has 0 amide bonds. The summed E-state index contributed by atoms with van der Waals surface area (Å²) >= 11 is 0. The molecule has 36 heavy (non-hydrogen) atoms. The van der Waals surface area contributed by atoms with Crippen molar-refractivity contribution in [3.8, 4) is 11.6 Å². The zero-order valence-corrected chi connectivity index (χ0v) is 19.2. The molecule has 0 atom stereocenters. The molecule has 190 valence electrons. The molecule has 0 bridgehead atoms. The highest BCUT2D eigenvalue weighted by atomic mass is 19.4. The van der Waals surface area contributed by atoms with Crippen LogP contribution < -0.4 is 9.64 Å². The highest BCUT2D eigenvalue weighted by molar-refractivity contribution is 5.94. The number of hydrogen-bond acceptors (Lipinski definition) is 5. The quantitative estimate of drug-likeness (QED) is 0.383. The van der Waals surface area contributed by atoms with Crippen LogP contribution in [0.1, 0.15) is 36.1 Å². The van der Waals surface area contributed by atoms with Gasteiger partial charge in [-0.05, 0) is 29.8 Å². The monoisotopic (exact) mass is 509 g/mol. The van der Waals surface area contributed by atoms with Crippen LogP contribution in [0.25, 0.3) is 5.70 Å². The Bertz CT molecular complexity index is 1280. The number of pyridine rings is 1. The Kier molecular flexibility index (Phi) is 8.03. The predicted octanol–water partition coefficient (Wildman–Crippen LogP) is 6.85. The topological polar surface area (TPSA) is 58.0 Å². The van der Waals surface area contributed by atoms with E-state index >= 15 is 0 Å². The van der Waals surface area contributed by atoms with Crippen LogP contribution in [-0.2, 0) is 19.3 Å². The number of anilines is 1. The molecule has 2 aromatic carbocycles. The lowest BCUT2D eigenvalue weighted by molar-refractivity contribution is -0.139. The van der Waals surface area contributed by atoms with Gasteiger partial charge in [-0.2, -0.15) is 13.2 Å². The largest absolute Gasteiger partial charge is 0.438 e. The van der Waals surface area contributed by atoms with Crippen molar-refractivity contribution < 1.29 is 36.2 Å². The van der Waals surface area contributed by atoms with Gasteiger partial charge in [-0.3, -0.25) is 0 Å². The van der Waals surface area contributed by atoms with E-state index in [9.17, 15) is 26.3 Å². The van der Waals surface area contributed by atoms with Gasteiger partial charge in [0.05, 0.1) is 30.9 Å². The molecule has 1 N–H and O–H groups in total. The molecule has 1 aromatic heterocycles. The summed E-state index contributed by atoms with van der Waals surface area (Å²) in [5.41, 5.74) is -0.633. The maximum atomic E-state index is 14.1. The third kappa shape index (κ3) is 5.68. The van der Waals surface area contributed by atoms with Crippen molar-refractivity contribution in [3.05, 3.63) is 88.9 Å². The number of halogens is 6. The molecule has 0 saturated heterocycles. The van der Waals surface area contributed by atoms with E-state index in [1.807, 2.05) is 13.8 Å². The number of aromatic nitrogens is 1. The van der Waals surface area contributed by atoms with Gasteiger partial charge in [-0.15, -0.1) is 0 Å². The van der Waals surface area contributed by atoms with Gasteiger partial charge in [0.2, 0.25) is 5.88 Å². The van der Waals surface area contributed by atoms with E-state index in [4.69, 9.17) is 9.84 Å². The second-order valence-electron chi connectivity index (χ2n) is 7.30. The Labute approximate surface area is 203 Å². The molecule has 2 heterocycles. The average Bonchev–Trinajstić information content (AvgIpc) is 2.83. The second kappa shape index (κ2) is 10.8. The van der Waals surface area contributed by atoms with Crippen molar-refractivity contribution in [1.29, 1.82) is 0 Å². The minimum absolute atomic E-state index is 0.0224. The van der Waals surface area contributed by atoms with Crippen LogP contribution in [0.3, 0.4) is 0 Å². The van der Waals surface area contributed by atoms with Crippen LogP contribution in [0, 0.1) is 17.5 Å². The molecule has 4 rings (SSSR count). The Hall–Kier alpha value is -3.86. The number of ether oxygens (including phenoxy) is 1. The van der Waals surface area contributed by atoms with Crippen LogP contribution in [0.2, 0.25) is 0 Å². The molecular weight excluding hydrogens is 488 g/mol. The van der Waals surface area contributed by atoms with E-state index in [2.05, 4.69) is 16.6 Å². The SMILES string of the molecule is C=C1N=CN(Cc2c(F)cc(F)cc2F)c2ccc(Oc3ncc(CO)cc3C(F)(F)F)cc21.CC. The summed E-state index contributed by atoms with van der Waals surface area (Å²) in [7, 11) is 0. The van der Waals surface area contributed by atoms with Gasteiger partial charge in [0.25, 0.3) is 0 Å². The fraction of sp³-hybridized carbons (Fsp3) is 0.200. The van der Waals surface area contributed by atoms with Crippen molar-refractivity contribution in [2.24, 2.45) is 4.99 Å². The van der Waals surface area contributed by atoms with Crippen LogP contribution in [0.5, 0.6) is 11.6 Å². The number of nitrogens with zero attached hydrogens (tertiary/aromatic N) is 3. The molecule has 0 saturated carbocycles. The standard InChI is InChI=1S/C23H15F6N3O2.C2H6/c1-12-16-7-15(34-22-18(23(27,28)29)4-13(10-33)8-30-22)2-3-21(16)32(11-31-12)9-17-19(25)5-14(24)6-20(17)26;1-2/h2-8,11,33H,1,9-10H2;1-2H3. The van der Waals surface area contributed by atoms with Crippen LogP contribution in [0.15, 0.2) is 54.2 Å². The van der Waals surface area contributed by atoms with Crippen molar-refractivity contribution in [2.75, 3.05) is 4.90 Å². The van der Waals surface area contributed by atoms with Crippen molar-refractivity contribution in [2.45, 2.75) is 33.2 Å². The molecular formula is C25H21F6N3O2. The number of aliphatic hydroxyl groups is 1. The Balaban J connectivity index is 0.00000176. The molecule has 0 unspecified atom stereocenters. The van der Waals surface area contributed by atoms with Gasteiger partial charge in [-0.25, -0.2) is 23.1 Å². The first kappa shape index (κ1) is 26.7. The van der Waals surface area contributed by atoms with Gasteiger partial charge < -0.3 is 14.7 Å². The normalized spacial score (nSPS) is 12.7. The highest BCUT2D eigenvalue weighted by Crippen LogP contribution is 2.40. The van der Waals surface area contributed by atoms with Gasteiger partial charge in [0, 0.05) is 29.5 Å². The zero-order chi connectivity index (χ0) is 26.6. The minimum atomic E-state index is -4.78. The summed E-state index contributed by atoms with van der Waals surface area (Å²) in [5.74, 6) is -3.95. The summed E-state index contributed by atoms with van der Waals surface area (Å²) in [6.07, 6.45) is -2.44. The zero-order valence-electron chi connectivity index (χ0n) is 19.2. The van der Waals surface area contributed by atoms with Crippen LogP contribution in [-0.4, -0.2) is 16.4 Å². The highest BCUT2D eigenvalue weighted by Gasteiger charge is 2.36. The van der Waals surface area contributed by atoms with Gasteiger partial charge >= 0.3 is 6.18 Å². The van der Waals surface area contributed by atoms with Gasteiger partial charge in [-0.1, -0.05) is 20.4 Å². The number of aliphatic imine (C=N–C) groups is 1.